The minimum absolute atomic E-state index is 0.0319. The quantitative estimate of drug-likeness (QED) is 0.660. The zero-order valence-corrected chi connectivity index (χ0v) is 20.0. The summed E-state index contributed by atoms with van der Waals surface area (Å²) in [5.41, 5.74) is 0. The Morgan fingerprint density at radius 3 is 2.53 bits per heavy atom. The van der Waals surface area contributed by atoms with E-state index in [1.54, 1.807) is 19.0 Å². The molecule has 0 radical (unpaired) electrons. The van der Waals surface area contributed by atoms with Gasteiger partial charge in [-0.2, -0.15) is 0 Å². The van der Waals surface area contributed by atoms with Gasteiger partial charge in [-0.1, -0.05) is 0 Å². The number of hydrogen-bond acceptors (Lipinski definition) is 7. The van der Waals surface area contributed by atoms with E-state index in [1.807, 2.05) is 9.80 Å². The molecule has 1 aromatic heterocycles. The van der Waals surface area contributed by atoms with Crippen LogP contribution in [0.3, 0.4) is 0 Å². The average Bonchev–Trinajstić information content (AvgIpc) is 3.39. The number of hydrogen-bond donors (Lipinski definition) is 1. The summed E-state index contributed by atoms with van der Waals surface area (Å²) in [6.45, 7) is 3.02. The number of ether oxygens (including phenoxy) is 2. The number of carbonyl (C=O) groups is 2. The maximum Gasteiger partial charge on any atom is 0.319 e. The molecule has 0 spiro atoms. The highest BCUT2D eigenvalue weighted by Crippen LogP contribution is 2.24. The molecule has 3 aliphatic heterocycles. The minimum atomic E-state index is -0.451. The van der Waals surface area contributed by atoms with Crippen molar-refractivity contribution in [3.63, 3.8) is 0 Å². The van der Waals surface area contributed by atoms with Crippen molar-refractivity contribution in [2.75, 3.05) is 51.8 Å². The molecule has 1 aromatic rings. The number of piperidine rings is 2. The second-order valence-corrected chi connectivity index (χ2v) is 9.42. The van der Waals surface area contributed by atoms with E-state index >= 15 is 0 Å². The Kier molecular flexibility index (Phi) is 8.15. The molecule has 34 heavy (non-hydrogen) atoms. The first-order valence-electron chi connectivity index (χ1n) is 12.2. The van der Waals surface area contributed by atoms with Gasteiger partial charge < -0.3 is 29.5 Å². The summed E-state index contributed by atoms with van der Waals surface area (Å²) in [4.78, 5) is 39.2. The smallest absolute Gasteiger partial charge is 0.319 e. The lowest BCUT2D eigenvalue weighted by molar-refractivity contribution is -0.132. The van der Waals surface area contributed by atoms with Crippen molar-refractivity contribution in [2.24, 2.45) is 0 Å². The molecular weight excluding hydrogens is 443 g/mol. The van der Waals surface area contributed by atoms with Crippen LogP contribution < -0.4 is 10.2 Å². The standard InChI is InChI=1S/C23H35FN6O4/c1-28(2)23(32)30-9-3-5-18(27-21(31)20-6-4-12-33-20)19(30)15-34-17-7-10-29(11-8-17)22-25-13-16(24)14-26-22/h13-14,17-20H,3-12,15H2,1-2H3,(H,27,31)/t18-,19-,20-/m0/s1. The Morgan fingerprint density at radius 1 is 1.15 bits per heavy atom. The van der Waals surface area contributed by atoms with E-state index in [-0.39, 0.29) is 30.1 Å². The second kappa shape index (κ2) is 11.3. The lowest BCUT2D eigenvalue weighted by Gasteiger charge is -2.43. The summed E-state index contributed by atoms with van der Waals surface area (Å²) < 4.78 is 24.9. The van der Waals surface area contributed by atoms with E-state index in [0.717, 1.165) is 38.5 Å². The molecule has 0 unspecified atom stereocenters. The van der Waals surface area contributed by atoms with Crippen molar-refractivity contribution in [1.29, 1.82) is 0 Å². The van der Waals surface area contributed by atoms with Crippen LogP contribution in [0, 0.1) is 5.82 Å². The van der Waals surface area contributed by atoms with Crippen molar-refractivity contribution in [2.45, 2.75) is 62.8 Å². The summed E-state index contributed by atoms with van der Waals surface area (Å²) in [7, 11) is 3.48. The molecule has 3 aliphatic rings. The first-order valence-corrected chi connectivity index (χ1v) is 12.2. The second-order valence-electron chi connectivity index (χ2n) is 9.42. The van der Waals surface area contributed by atoms with Crippen molar-refractivity contribution >= 4 is 17.9 Å². The van der Waals surface area contributed by atoms with Crippen molar-refractivity contribution in [1.82, 2.24) is 25.1 Å². The third kappa shape index (κ3) is 5.93. The summed E-state index contributed by atoms with van der Waals surface area (Å²) in [5, 5.41) is 3.14. The molecule has 188 valence electrons. The van der Waals surface area contributed by atoms with Gasteiger partial charge in [-0.05, 0) is 38.5 Å². The molecule has 3 saturated heterocycles. The summed E-state index contributed by atoms with van der Waals surface area (Å²) >= 11 is 0. The molecule has 3 amide bonds. The highest BCUT2D eigenvalue weighted by molar-refractivity contribution is 5.81. The zero-order chi connectivity index (χ0) is 24.1. The van der Waals surface area contributed by atoms with E-state index < -0.39 is 11.9 Å². The third-order valence-electron chi connectivity index (χ3n) is 6.79. The zero-order valence-electron chi connectivity index (χ0n) is 20.0. The van der Waals surface area contributed by atoms with Crippen LogP contribution in [-0.2, 0) is 14.3 Å². The monoisotopic (exact) mass is 478 g/mol. The molecule has 0 saturated carbocycles. The fourth-order valence-electron chi connectivity index (χ4n) is 4.91. The van der Waals surface area contributed by atoms with Crippen LogP contribution in [0.4, 0.5) is 15.1 Å². The van der Waals surface area contributed by atoms with E-state index in [9.17, 15) is 14.0 Å². The highest BCUT2D eigenvalue weighted by atomic mass is 19.1. The van der Waals surface area contributed by atoms with Crippen LogP contribution >= 0.6 is 0 Å². The molecular formula is C23H35FN6O4. The maximum absolute atomic E-state index is 13.1. The number of anilines is 1. The van der Waals surface area contributed by atoms with Gasteiger partial charge in [-0.3, -0.25) is 4.79 Å². The first-order chi connectivity index (χ1) is 16.4. The topological polar surface area (TPSA) is 100 Å². The summed E-state index contributed by atoms with van der Waals surface area (Å²) in [6, 6.07) is -0.498. The lowest BCUT2D eigenvalue weighted by Crippen LogP contribution is -2.61. The highest BCUT2D eigenvalue weighted by Gasteiger charge is 2.38. The SMILES string of the molecule is CN(C)C(=O)N1CCC[C@H](NC(=O)[C@@H]2CCCO2)[C@@H]1COC1CCN(c2ncc(F)cn2)CC1. The Morgan fingerprint density at radius 2 is 1.88 bits per heavy atom. The molecule has 1 N–H and O–H groups in total. The van der Waals surface area contributed by atoms with Crippen LogP contribution in [-0.4, -0.2) is 103 Å². The van der Waals surface area contributed by atoms with Gasteiger partial charge in [0.1, 0.15) is 6.10 Å². The van der Waals surface area contributed by atoms with Crippen LogP contribution in [0.2, 0.25) is 0 Å². The number of rotatable bonds is 6. The molecule has 0 aromatic carbocycles. The Hall–Kier alpha value is -2.53. The van der Waals surface area contributed by atoms with Gasteiger partial charge >= 0.3 is 6.03 Å². The lowest BCUT2D eigenvalue weighted by atomic mass is 9.96. The molecule has 4 rings (SSSR count). The number of carbonyl (C=O) groups excluding carboxylic acids is 2. The van der Waals surface area contributed by atoms with Gasteiger partial charge in [0.25, 0.3) is 0 Å². The summed E-state index contributed by atoms with van der Waals surface area (Å²) in [6.07, 6.45) is 6.78. The average molecular weight is 479 g/mol. The molecule has 3 atom stereocenters. The van der Waals surface area contributed by atoms with Crippen LogP contribution in [0.25, 0.3) is 0 Å². The molecule has 0 bridgehead atoms. The number of nitrogens with zero attached hydrogens (tertiary/aromatic N) is 5. The van der Waals surface area contributed by atoms with Gasteiger partial charge in [0.05, 0.1) is 37.2 Å². The number of nitrogens with one attached hydrogen (secondary N) is 1. The van der Waals surface area contributed by atoms with Gasteiger partial charge in [-0.25, -0.2) is 19.2 Å². The van der Waals surface area contributed by atoms with E-state index in [1.165, 1.54) is 12.4 Å². The molecule has 10 nitrogen and oxygen atoms in total. The maximum atomic E-state index is 13.1. The van der Waals surface area contributed by atoms with Gasteiger partial charge in [-0.15, -0.1) is 0 Å². The number of aromatic nitrogens is 2. The Labute approximate surface area is 199 Å². The molecule has 3 fully saturated rings. The number of urea groups is 1. The minimum Gasteiger partial charge on any atom is -0.376 e. The number of likely N-dealkylation sites (tertiary alicyclic amines) is 1. The van der Waals surface area contributed by atoms with Crippen molar-refractivity contribution < 1.29 is 23.5 Å². The normalized spacial score (nSPS) is 25.9. The first kappa shape index (κ1) is 24.6. The van der Waals surface area contributed by atoms with Crippen molar-refractivity contribution in [3.8, 4) is 0 Å². The molecule has 0 aliphatic carbocycles. The van der Waals surface area contributed by atoms with Crippen LogP contribution in [0.1, 0.15) is 38.5 Å². The van der Waals surface area contributed by atoms with Gasteiger partial charge in [0, 0.05) is 40.3 Å². The molecule has 11 heteroatoms. The molecule has 4 heterocycles. The predicted molar refractivity (Wildman–Crippen MR) is 123 cm³/mol. The van der Waals surface area contributed by atoms with E-state index in [0.29, 0.717) is 38.8 Å². The van der Waals surface area contributed by atoms with Crippen molar-refractivity contribution in [3.05, 3.63) is 18.2 Å². The van der Waals surface area contributed by atoms with E-state index in [4.69, 9.17) is 9.47 Å². The fraction of sp³-hybridized carbons (Fsp3) is 0.739. The van der Waals surface area contributed by atoms with Crippen LogP contribution in [0.15, 0.2) is 12.4 Å². The Balaban J connectivity index is 1.35. The van der Waals surface area contributed by atoms with Gasteiger partial charge in [0.15, 0.2) is 5.82 Å². The largest absolute Gasteiger partial charge is 0.376 e. The van der Waals surface area contributed by atoms with E-state index in [2.05, 4.69) is 15.3 Å². The number of amides is 3. The summed E-state index contributed by atoms with van der Waals surface area (Å²) in [5.74, 6) is -0.0292. The fourth-order valence-corrected chi connectivity index (χ4v) is 4.91. The Bertz CT molecular complexity index is 827. The predicted octanol–water partition coefficient (Wildman–Crippen LogP) is 1.41. The third-order valence-corrected chi connectivity index (χ3v) is 6.79. The van der Waals surface area contributed by atoms with Gasteiger partial charge in [0.2, 0.25) is 11.9 Å². The number of halogens is 1. The van der Waals surface area contributed by atoms with Crippen LogP contribution in [0.5, 0.6) is 0 Å².